The lowest BCUT2D eigenvalue weighted by Gasteiger charge is -2.09. The van der Waals surface area contributed by atoms with E-state index in [1.165, 1.54) is 6.42 Å². The van der Waals surface area contributed by atoms with Crippen molar-refractivity contribution < 1.29 is 0 Å². The van der Waals surface area contributed by atoms with Crippen LogP contribution in [0.5, 0.6) is 0 Å². The molecule has 1 aliphatic rings. The first-order chi connectivity index (χ1) is 4.08. The molecule has 1 rings (SSSR count). The van der Waals surface area contributed by atoms with Crippen LogP contribution in [0.1, 0.15) is 33.6 Å². The highest BCUT2D eigenvalue weighted by atomic mass is 14.7. The van der Waals surface area contributed by atoms with E-state index in [4.69, 9.17) is 5.73 Å². The van der Waals surface area contributed by atoms with Crippen LogP contribution in [0.2, 0.25) is 0 Å². The van der Waals surface area contributed by atoms with Crippen molar-refractivity contribution in [1.29, 1.82) is 0 Å². The Kier molecular flexibility index (Phi) is 1.55. The molecule has 0 radical (unpaired) electrons. The van der Waals surface area contributed by atoms with Gasteiger partial charge in [-0.25, -0.2) is 0 Å². The fourth-order valence-electron chi connectivity index (χ4n) is 1.52. The average molecular weight is 127 g/mol. The summed E-state index contributed by atoms with van der Waals surface area (Å²) in [6, 6.07) is 0.458. The van der Waals surface area contributed by atoms with Gasteiger partial charge in [-0.2, -0.15) is 0 Å². The quantitative estimate of drug-likeness (QED) is 0.601. The highest BCUT2D eigenvalue weighted by Gasteiger charge is 2.48. The lowest BCUT2D eigenvalue weighted by atomic mass is 10.0. The molecule has 1 fully saturated rings. The molecule has 0 heterocycles. The molecule has 0 aromatic heterocycles. The monoisotopic (exact) mass is 127 g/mol. The average Bonchev–Trinajstić information content (AvgIpc) is 2.38. The molecule has 0 aromatic rings. The van der Waals surface area contributed by atoms with E-state index in [0.717, 1.165) is 12.3 Å². The SMILES string of the molecule is CC[C@H](N)[C@@H]1CC1(C)C. The van der Waals surface area contributed by atoms with Crippen molar-refractivity contribution in [2.24, 2.45) is 17.1 Å². The topological polar surface area (TPSA) is 26.0 Å². The third kappa shape index (κ3) is 1.26. The van der Waals surface area contributed by atoms with Crippen molar-refractivity contribution in [3.05, 3.63) is 0 Å². The minimum Gasteiger partial charge on any atom is -0.327 e. The zero-order valence-corrected chi connectivity index (χ0v) is 6.65. The van der Waals surface area contributed by atoms with Gasteiger partial charge >= 0.3 is 0 Å². The molecule has 0 unspecified atom stereocenters. The van der Waals surface area contributed by atoms with Gasteiger partial charge < -0.3 is 5.73 Å². The maximum absolute atomic E-state index is 5.85. The van der Waals surface area contributed by atoms with Crippen LogP contribution >= 0.6 is 0 Å². The summed E-state index contributed by atoms with van der Waals surface area (Å²) in [4.78, 5) is 0. The Bertz CT molecular complexity index is 107. The predicted molar refractivity (Wildman–Crippen MR) is 40.2 cm³/mol. The Hall–Kier alpha value is -0.0400. The summed E-state index contributed by atoms with van der Waals surface area (Å²) < 4.78 is 0. The van der Waals surface area contributed by atoms with E-state index in [9.17, 15) is 0 Å². The Labute approximate surface area is 57.6 Å². The summed E-state index contributed by atoms with van der Waals surface area (Å²) in [5.74, 6) is 0.808. The molecule has 1 saturated carbocycles. The molecular formula is C8H17N. The maximum Gasteiger partial charge on any atom is 0.00698 e. The summed E-state index contributed by atoms with van der Waals surface area (Å²) in [7, 11) is 0. The van der Waals surface area contributed by atoms with Gasteiger partial charge in [-0.15, -0.1) is 0 Å². The molecule has 0 aromatic carbocycles. The van der Waals surface area contributed by atoms with Gasteiger partial charge in [0.15, 0.2) is 0 Å². The zero-order chi connectivity index (χ0) is 7.07. The van der Waals surface area contributed by atoms with Crippen molar-refractivity contribution in [2.75, 3.05) is 0 Å². The summed E-state index contributed by atoms with van der Waals surface area (Å²) in [5, 5.41) is 0. The fourth-order valence-corrected chi connectivity index (χ4v) is 1.52. The van der Waals surface area contributed by atoms with Crippen LogP contribution < -0.4 is 5.73 Å². The first-order valence-electron chi connectivity index (χ1n) is 3.83. The Morgan fingerprint density at radius 2 is 2.11 bits per heavy atom. The van der Waals surface area contributed by atoms with Crippen LogP contribution in [0, 0.1) is 11.3 Å². The number of hydrogen-bond donors (Lipinski definition) is 1. The minimum absolute atomic E-state index is 0.458. The molecule has 0 saturated heterocycles. The second kappa shape index (κ2) is 1.98. The molecule has 0 bridgehead atoms. The summed E-state index contributed by atoms with van der Waals surface area (Å²) in [6.45, 7) is 6.76. The van der Waals surface area contributed by atoms with E-state index >= 15 is 0 Å². The van der Waals surface area contributed by atoms with Gasteiger partial charge in [-0.1, -0.05) is 20.8 Å². The molecule has 1 nitrogen and oxygen atoms in total. The van der Waals surface area contributed by atoms with E-state index < -0.39 is 0 Å². The maximum atomic E-state index is 5.85. The molecule has 0 aliphatic heterocycles. The standard InChI is InChI=1S/C8H17N/c1-4-7(9)6-5-8(6,2)3/h6-7H,4-5,9H2,1-3H3/t6-,7-/m0/s1. The highest BCUT2D eigenvalue weighted by molar-refractivity contribution is 5.00. The second-order valence-corrected chi connectivity index (χ2v) is 3.87. The van der Waals surface area contributed by atoms with E-state index in [0.29, 0.717) is 11.5 Å². The Balaban J connectivity index is 2.33. The molecule has 9 heavy (non-hydrogen) atoms. The number of hydrogen-bond acceptors (Lipinski definition) is 1. The van der Waals surface area contributed by atoms with Crippen LogP contribution in [-0.4, -0.2) is 6.04 Å². The Morgan fingerprint density at radius 1 is 1.67 bits per heavy atom. The van der Waals surface area contributed by atoms with Gasteiger partial charge in [0.05, 0.1) is 0 Å². The van der Waals surface area contributed by atoms with Gasteiger partial charge in [0.25, 0.3) is 0 Å². The van der Waals surface area contributed by atoms with Gasteiger partial charge in [-0.3, -0.25) is 0 Å². The molecule has 54 valence electrons. The van der Waals surface area contributed by atoms with Crippen LogP contribution in [0.25, 0.3) is 0 Å². The minimum atomic E-state index is 0.458. The lowest BCUT2D eigenvalue weighted by molar-refractivity contribution is 0.469. The second-order valence-electron chi connectivity index (χ2n) is 3.87. The highest BCUT2D eigenvalue weighted by Crippen LogP contribution is 2.53. The molecule has 2 atom stereocenters. The number of rotatable bonds is 2. The predicted octanol–water partition coefficient (Wildman–Crippen LogP) is 1.77. The van der Waals surface area contributed by atoms with Crippen LogP contribution in [-0.2, 0) is 0 Å². The van der Waals surface area contributed by atoms with Crippen molar-refractivity contribution >= 4 is 0 Å². The largest absolute Gasteiger partial charge is 0.327 e. The summed E-state index contributed by atoms with van der Waals surface area (Å²) in [5.41, 5.74) is 6.42. The van der Waals surface area contributed by atoms with Gasteiger partial charge in [-0.05, 0) is 24.2 Å². The molecule has 2 N–H and O–H groups in total. The van der Waals surface area contributed by atoms with Gasteiger partial charge in [0.1, 0.15) is 0 Å². The van der Waals surface area contributed by atoms with Crippen molar-refractivity contribution in [3.63, 3.8) is 0 Å². The summed E-state index contributed by atoms with van der Waals surface area (Å²) in [6.07, 6.45) is 2.47. The first-order valence-corrected chi connectivity index (χ1v) is 3.83. The smallest absolute Gasteiger partial charge is 0.00698 e. The molecular weight excluding hydrogens is 110 g/mol. The zero-order valence-electron chi connectivity index (χ0n) is 6.65. The molecule has 0 spiro atoms. The number of nitrogens with two attached hydrogens (primary N) is 1. The third-order valence-corrected chi connectivity index (χ3v) is 2.58. The molecule has 1 aliphatic carbocycles. The first kappa shape index (κ1) is 7.07. The Morgan fingerprint density at radius 3 is 2.22 bits per heavy atom. The van der Waals surface area contributed by atoms with Crippen LogP contribution in [0.4, 0.5) is 0 Å². The van der Waals surface area contributed by atoms with E-state index in [-0.39, 0.29) is 0 Å². The van der Waals surface area contributed by atoms with Gasteiger partial charge in [0.2, 0.25) is 0 Å². The van der Waals surface area contributed by atoms with Crippen LogP contribution in [0.15, 0.2) is 0 Å². The van der Waals surface area contributed by atoms with Crippen molar-refractivity contribution in [1.82, 2.24) is 0 Å². The van der Waals surface area contributed by atoms with E-state index in [2.05, 4.69) is 20.8 Å². The lowest BCUT2D eigenvalue weighted by Crippen LogP contribution is -2.23. The molecule has 0 amide bonds. The third-order valence-electron chi connectivity index (χ3n) is 2.58. The van der Waals surface area contributed by atoms with Crippen molar-refractivity contribution in [2.45, 2.75) is 39.7 Å². The fraction of sp³-hybridized carbons (Fsp3) is 1.00. The molecule has 1 heteroatoms. The van der Waals surface area contributed by atoms with E-state index in [1.807, 2.05) is 0 Å². The summed E-state index contributed by atoms with van der Waals surface area (Å²) >= 11 is 0. The van der Waals surface area contributed by atoms with Gasteiger partial charge in [0, 0.05) is 6.04 Å². The normalized spacial score (nSPS) is 34.0. The van der Waals surface area contributed by atoms with E-state index in [1.54, 1.807) is 0 Å². The van der Waals surface area contributed by atoms with Crippen LogP contribution in [0.3, 0.4) is 0 Å². The van der Waals surface area contributed by atoms with Crippen molar-refractivity contribution in [3.8, 4) is 0 Å².